The molecule has 6 nitrogen and oxygen atoms in total. The number of likely N-dealkylation sites (N-methyl/N-ethyl adjacent to an activating group) is 1. The van der Waals surface area contributed by atoms with Gasteiger partial charge in [0, 0.05) is 18.5 Å². The van der Waals surface area contributed by atoms with Crippen molar-refractivity contribution in [2.24, 2.45) is 0 Å². The standard InChI is InChI=1S/C12H17N3O3/c1-5-12(2,3)8-6-10(18-13-8)15-9(16)7-14(4)11(15)17/h5-6,9,16H,1,7H2,2-4H3. The fourth-order valence-corrected chi connectivity index (χ4v) is 1.74. The maximum absolute atomic E-state index is 11.8. The normalized spacial score (nSPS) is 20.7. The van der Waals surface area contributed by atoms with E-state index >= 15 is 0 Å². The van der Waals surface area contributed by atoms with Crippen LogP contribution in [0.25, 0.3) is 0 Å². The number of aromatic nitrogens is 1. The molecular formula is C12H17N3O3. The highest BCUT2D eigenvalue weighted by Crippen LogP contribution is 2.29. The number of aliphatic hydroxyl groups excluding tert-OH is 1. The van der Waals surface area contributed by atoms with Crippen molar-refractivity contribution in [2.45, 2.75) is 25.5 Å². The molecule has 1 saturated heterocycles. The summed E-state index contributed by atoms with van der Waals surface area (Å²) in [6.07, 6.45) is 0.846. The van der Waals surface area contributed by atoms with Crippen LogP contribution in [0, 0.1) is 0 Å². The van der Waals surface area contributed by atoms with Crippen molar-refractivity contribution in [1.29, 1.82) is 0 Å². The third-order valence-electron chi connectivity index (χ3n) is 3.17. The Hall–Kier alpha value is -1.82. The van der Waals surface area contributed by atoms with E-state index in [-0.39, 0.29) is 23.9 Å². The van der Waals surface area contributed by atoms with Crippen molar-refractivity contribution in [3.63, 3.8) is 0 Å². The molecular weight excluding hydrogens is 234 g/mol. The van der Waals surface area contributed by atoms with Crippen LogP contribution in [0.15, 0.2) is 23.2 Å². The highest BCUT2D eigenvalue weighted by molar-refractivity contribution is 5.93. The number of carbonyl (C=O) groups is 1. The Bertz CT molecular complexity index is 481. The monoisotopic (exact) mass is 251 g/mol. The quantitative estimate of drug-likeness (QED) is 0.823. The molecule has 1 aliphatic rings. The molecule has 0 aliphatic carbocycles. The van der Waals surface area contributed by atoms with E-state index in [1.807, 2.05) is 13.8 Å². The van der Waals surface area contributed by atoms with Gasteiger partial charge in [0.1, 0.15) is 0 Å². The van der Waals surface area contributed by atoms with Crippen molar-refractivity contribution in [2.75, 3.05) is 18.5 Å². The van der Waals surface area contributed by atoms with Gasteiger partial charge in [-0.15, -0.1) is 6.58 Å². The Morgan fingerprint density at radius 3 is 2.83 bits per heavy atom. The number of aliphatic hydroxyl groups is 1. The van der Waals surface area contributed by atoms with Crippen LogP contribution in [-0.2, 0) is 5.41 Å². The van der Waals surface area contributed by atoms with E-state index in [9.17, 15) is 9.90 Å². The summed E-state index contributed by atoms with van der Waals surface area (Å²) in [6.45, 7) is 7.87. The van der Waals surface area contributed by atoms with Crippen LogP contribution in [0.3, 0.4) is 0 Å². The molecule has 1 atom stereocenters. The number of carbonyl (C=O) groups excluding carboxylic acids is 1. The highest BCUT2D eigenvalue weighted by Gasteiger charge is 2.38. The summed E-state index contributed by atoms with van der Waals surface area (Å²) in [5, 5.41) is 13.7. The summed E-state index contributed by atoms with van der Waals surface area (Å²) in [6, 6.07) is 1.35. The average molecular weight is 251 g/mol. The molecule has 1 fully saturated rings. The molecule has 0 spiro atoms. The zero-order valence-electron chi connectivity index (χ0n) is 10.8. The van der Waals surface area contributed by atoms with E-state index in [1.165, 1.54) is 9.80 Å². The molecule has 98 valence electrons. The van der Waals surface area contributed by atoms with Crippen LogP contribution in [0.2, 0.25) is 0 Å². The first-order valence-corrected chi connectivity index (χ1v) is 5.70. The number of rotatable bonds is 3. The molecule has 0 aromatic carbocycles. The largest absolute Gasteiger partial charge is 0.371 e. The Morgan fingerprint density at radius 1 is 1.67 bits per heavy atom. The van der Waals surface area contributed by atoms with Crippen molar-refractivity contribution < 1.29 is 14.4 Å². The lowest BCUT2D eigenvalue weighted by Crippen LogP contribution is -2.33. The van der Waals surface area contributed by atoms with Gasteiger partial charge in [0.25, 0.3) is 0 Å². The first kappa shape index (κ1) is 12.6. The lowest BCUT2D eigenvalue weighted by atomic mass is 9.90. The Morgan fingerprint density at radius 2 is 2.33 bits per heavy atom. The minimum atomic E-state index is -0.907. The number of hydrogen-bond donors (Lipinski definition) is 1. The Labute approximate surface area is 105 Å². The zero-order chi connectivity index (χ0) is 13.5. The topological polar surface area (TPSA) is 69.8 Å². The van der Waals surface area contributed by atoms with Gasteiger partial charge in [0.2, 0.25) is 5.88 Å². The summed E-state index contributed by atoms with van der Waals surface area (Å²) in [5.41, 5.74) is 0.323. The van der Waals surface area contributed by atoms with Gasteiger partial charge in [-0.25, -0.2) is 9.69 Å². The van der Waals surface area contributed by atoms with Gasteiger partial charge in [-0.1, -0.05) is 25.1 Å². The number of urea groups is 1. The summed E-state index contributed by atoms with van der Waals surface area (Å²) in [4.78, 5) is 14.4. The van der Waals surface area contributed by atoms with E-state index in [0.717, 1.165) is 0 Å². The van der Waals surface area contributed by atoms with Gasteiger partial charge >= 0.3 is 6.03 Å². The second-order valence-electron chi connectivity index (χ2n) is 4.99. The maximum Gasteiger partial charge on any atom is 0.329 e. The summed E-state index contributed by atoms with van der Waals surface area (Å²) in [7, 11) is 1.62. The van der Waals surface area contributed by atoms with Crippen molar-refractivity contribution in [3.8, 4) is 0 Å². The minimum Gasteiger partial charge on any atom is -0.371 e. The first-order chi connectivity index (χ1) is 8.36. The first-order valence-electron chi connectivity index (χ1n) is 5.70. The van der Waals surface area contributed by atoms with Crippen LogP contribution in [0.1, 0.15) is 19.5 Å². The molecule has 2 amide bonds. The van der Waals surface area contributed by atoms with Gasteiger partial charge in [0.15, 0.2) is 6.23 Å². The predicted molar refractivity (Wildman–Crippen MR) is 66.2 cm³/mol. The summed E-state index contributed by atoms with van der Waals surface area (Å²) < 4.78 is 5.15. The lowest BCUT2D eigenvalue weighted by molar-refractivity contribution is 0.179. The van der Waals surface area contributed by atoms with Crippen molar-refractivity contribution in [3.05, 3.63) is 24.4 Å². The van der Waals surface area contributed by atoms with E-state index in [2.05, 4.69) is 11.7 Å². The van der Waals surface area contributed by atoms with Crippen molar-refractivity contribution in [1.82, 2.24) is 10.1 Å². The molecule has 0 saturated carbocycles. The number of nitrogens with zero attached hydrogens (tertiary/aromatic N) is 3. The molecule has 18 heavy (non-hydrogen) atoms. The number of amides is 2. The van der Waals surface area contributed by atoms with E-state index in [4.69, 9.17) is 4.52 Å². The smallest absolute Gasteiger partial charge is 0.329 e. The van der Waals surface area contributed by atoms with E-state index in [0.29, 0.717) is 5.69 Å². The maximum atomic E-state index is 11.8. The molecule has 6 heteroatoms. The molecule has 1 aliphatic heterocycles. The second-order valence-corrected chi connectivity index (χ2v) is 4.99. The molecule has 1 aromatic heterocycles. The molecule has 0 bridgehead atoms. The Balaban J connectivity index is 2.31. The fraction of sp³-hybridized carbons (Fsp3) is 0.500. The highest BCUT2D eigenvalue weighted by atomic mass is 16.5. The molecule has 0 radical (unpaired) electrons. The average Bonchev–Trinajstić information content (AvgIpc) is 2.86. The van der Waals surface area contributed by atoms with E-state index in [1.54, 1.807) is 19.2 Å². The van der Waals surface area contributed by atoms with Crippen LogP contribution >= 0.6 is 0 Å². The van der Waals surface area contributed by atoms with E-state index < -0.39 is 6.23 Å². The third kappa shape index (κ3) is 1.88. The summed E-state index contributed by atoms with van der Waals surface area (Å²) in [5.74, 6) is 0.252. The van der Waals surface area contributed by atoms with Crippen LogP contribution in [-0.4, -0.2) is 41.0 Å². The van der Waals surface area contributed by atoms with Crippen LogP contribution in [0.5, 0.6) is 0 Å². The summed E-state index contributed by atoms with van der Waals surface area (Å²) >= 11 is 0. The molecule has 1 aromatic rings. The van der Waals surface area contributed by atoms with Crippen LogP contribution < -0.4 is 4.90 Å². The van der Waals surface area contributed by atoms with Crippen LogP contribution in [0.4, 0.5) is 10.7 Å². The molecule has 1 N–H and O–H groups in total. The SMILES string of the molecule is C=CC(C)(C)c1cc(N2C(=O)N(C)CC2O)on1. The van der Waals surface area contributed by atoms with Gasteiger partial charge in [-0.2, -0.15) is 0 Å². The Kier molecular flexibility index (Phi) is 2.90. The number of hydrogen-bond acceptors (Lipinski definition) is 4. The fourth-order valence-electron chi connectivity index (χ4n) is 1.74. The van der Waals surface area contributed by atoms with Gasteiger partial charge in [-0.05, 0) is 0 Å². The zero-order valence-corrected chi connectivity index (χ0v) is 10.8. The number of anilines is 1. The molecule has 2 rings (SSSR count). The van der Waals surface area contributed by atoms with Gasteiger partial charge in [0.05, 0.1) is 12.2 Å². The van der Waals surface area contributed by atoms with Gasteiger partial charge < -0.3 is 14.5 Å². The minimum absolute atomic E-state index is 0.250. The number of allylic oxidation sites excluding steroid dienone is 1. The second kappa shape index (κ2) is 4.13. The molecule has 2 heterocycles. The molecule has 1 unspecified atom stereocenters. The number of β-amino-alcohol motifs (C(OH)–C–C–N with tert-alkyl or cyclic N) is 1. The predicted octanol–water partition coefficient (Wildman–Crippen LogP) is 1.33. The van der Waals surface area contributed by atoms with Crippen molar-refractivity contribution >= 4 is 11.9 Å². The lowest BCUT2D eigenvalue weighted by Gasteiger charge is -2.16. The van der Waals surface area contributed by atoms with Gasteiger partial charge in [-0.3, -0.25) is 0 Å². The third-order valence-corrected chi connectivity index (χ3v) is 3.17.